The van der Waals surface area contributed by atoms with E-state index in [1.807, 2.05) is 4.90 Å². The Labute approximate surface area is 243 Å². The van der Waals surface area contributed by atoms with Gasteiger partial charge >= 0.3 is 12.1 Å². The van der Waals surface area contributed by atoms with Crippen LogP contribution < -0.4 is 15.1 Å². The molecule has 2 heterocycles. The number of carbonyl (C=O) groups is 1. The lowest BCUT2D eigenvalue weighted by Gasteiger charge is -2.38. The quantitative estimate of drug-likeness (QED) is 0.191. The van der Waals surface area contributed by atoms with Crippen LogP contribution in [0.5, 0.6) is 5.75 Å². The Morgan fingerprint density at radius 2 is 1.79 bits per heavy atom. The first-order chi connectivity index (χ1) is 20.0. The van der Waals surface area contributed by atoms with Gasteiger partial charge in [-0.1, -0.05) is 6.07 Å². The maximum absolute atomic E-state index is 13.3. The lowest BCUT2D eigenvalue weighted by Crippen LogP contribution is -2.48. The maximum Gasteiger partial charge on any atom is 0.416 e. The first kappa shape index (κ1) is 29.8. The molecular weight excluding hydrogens is 575 g/mol. The number of hydrogen-bond donors (Lipinski definition) is 0. The summed E-state index contributed by atoms with van der Waals surface area (Å²) in [5.41, 5.74) is -2.13. The Morgan fingerprint density at radius 1 is 1.07 bits per heavy atom. The normalized spacial score (nSPS) is 20.0. The van der Waals surface area contributed by atoms with Crippen LogP contribution in [-0.2, 0) is 10.9 Å². The number of methoxy groups -OCH3 is 1. The van der Waals surface area contributed by atoms with Gasteiger partial charge in [-0.2, -0.15) is 13.2 Å². The number of nitrogens with zero attached hydrogens (tertiary/aromatic N) is 3. The number of benzene rings is 2. The molecule has 13 heteroatoms. The van der Waals surface area contributed by atoms with Gasteiger partial charge in [0.25, 0.3) is 5.69 Å². The van der Waals surface area contributed by atoms with Gasteiger partial charge in [-0.15, -0.1) is 11.3 Å². The number of halogens is 3. The van der Waals surface area contributed by atoms with Crippen molar-refractivity contribution in [1.29, 1.82) is 0 Å². The van der Waals surface area contributed by atoms with Crippen molar-refractivity contribution in [3.8, 4) is 5.75 Å². The number of nitro groups is 1. The van der Waals surface area contributed by atoms with Gasteiger partial charge in [-0.25, -0.2) is 4.79 Å². The van der Waals surface area contributed by atoms with Crippen LogP contribution in [0.1, 0.15) is 41.6 Å². The predicted molar refractivity (Wildman–Crippen MR) is 153 cm³/mol. The molecule has 0 bridgehead atoms. The summed E-state index contributed by atoms with van der Waals surface area (Å²) >= 11 is 0.974. The van der Waals surface area contributed by atoms with Gasteiger partial charge in [0.15, 0.2) is 5.43 Å². The summed E-state index contributed by atoms with van der Waals surface area (Å²) in [6, 6.07) is 9.36. The van der Waals surface area contributed by atoms with E-state index in [0.29, 0.717) is 47.5 Å². The molecule has 0 unspecified atom stereocenters. The number of rotatable bonds is 7. The minimum atomic E-state index is -4.80. The van der Waals surface area contributed by atoms with E-state index in [-0.39, 0.29) is 22.2 Å². The number of piperazine rings is 1. The van der Waals surface area contributed by atoms with E-state index in [1.54, 1.807) is 31.4 Å². The zero-order chi connectivity index (χ0) is 30.0. The van der Waals surface area contributed by atoms with Gasteiger partial charge in [0.05, 0.1) is 28.2 Å². The van der Waals surface area contributed by atoms with E-state index >= 15 is 0 Å². The molecular formula is C29H30F3N3O6S. The molecule has 0 atom stereocenters. The van der Waals surface area contributed by atoms with Crippen molar-refractivity contribution in [2.45, 2.75) is 38.0 Å². The minimum Gasteiger partial charge on any atom is -0.497 e. The van der Waals surface area contributed by atoms with Crippen LogP contribution >= 0.6 is 11.3 Å². The molecule has 1 aliphatic carbocycles. The topological polar surface area (TPSA) is 102 Å². The molecule has 42 heavy (non-hydrogen) atoms. The van der Waals surface area contributed by atoms with Crippen LogP contribution in [0.2, 0.25) is 0 Å². The number of esters is 1. The van der Waals surface area contributed by atoms with Crippen molar-refractivity contribution in [2.24, 2.45) is 5.92 Å². The van der Waals surface area contributed by atoms with Crippen LogP contribution in [0.4, 0.5) is 23.9 Å². The number of hydrogen-bond acceptors (Lipinski definition) is 9. The van der Waals surface area contributed by atoms with Crippen LogP contribution in [-0.4, -0.2) is 61.7 Å². The smallest absolute Gasteiger partial charge is 0.416 e. The molecule has 2 aliphatic rings. The van der Waals surface area contributed by atoms with Gasteiger partial charge in [-0.3, -0.25) is 19.8 Å². The molecule has 1 saturated carbocycles. The number of nitro benzene ring substituents is 1. The Hall–Kier alpha value is -3.71. The number of anilines is 1. The summed E-state index contributed by atoms with van der Waals surface area (Å²) < 4.78 is 50.6. The van der Waals surface area contributed by atoms with Gasteiger partial charge in [0.2, 0.25) is 0 Å². The van der Waals surface area contributed by atoms with E-state index in [9.17, 15) is 32.9 Å². The maximum atomic E-state index is 13.3. The SMILES string of the molecule is COc1cccc(C(=O)OC2CCC(CN3CCN(c4cc(=O)c5cc(C(F)(F)F)cc([N+](=O)[O-])c5s4)CC3)CC2)c1. The first-order valence-corrected chi connectivity index (χ1v) is 14.5. The Kier molecular flexibility index (Phi) is 8.69. The fourth-order valence-electron chi connectivity index (χ4n) is 5.60. The lowest BCUT2D eigenvalue weighted by atomic mass is 9.87. The second-order valence-electron chi connectivity index (χ2n) is 10.6. The van der Waals surface area contributed by atoms with Crippen molar-refractivity contribution >= 4 is 38.1 Å². The highest BCUT2D eigenvalue weighted by atomic mass is 32.1. The summed E-state index contributed by atoms with van der Waals surface area (Å²) in [6.45, 7) is 3.51. The number of alkyl halides is 3. The molecule has 1 aliphatic heterocycles. The Bertz CT molecular complexity index is 1530. The second kappa shape index (κ2) is 12.3. The zero-order valence-electron chi connectivity index (χ0n) is 22.9. The fourth-order valence-corrected chi connectivity index (χ4v) is 6.79. The molecule has 224 valence electrons. The van der Waals surface area contributed by atoms with E-state index in [4.69, 9.17) is 9.47 Å². The van der Waals surface area contributed by atoms with E-state index in [2.05, 4.69) is 4.90 Å². The first-order valence-electron chi connectivity index (χ1n) is 13.7. The molecule has 0 amide bonds. The van der Waals surface area contributed by atoms with Gasteiger partial charge < -0.3 is 14.4 Å². The van der Waals surface area contributed by atoms with Crippen LogP contribution in [0.25, 0.3) is 10.1 Å². The summed E-state index contributed by atoms with van der Waals surface area (Å²) in [7, 11) is 1.55. The van der Waals surface area contributed by atoms with Gasteiger partial charge in [0, 0.05) is 50.2 Å². The average molecular weight is 606 g/mol. The molecule has 1 saturated heterocycles. The highest BCUT2D eigenvalue weighted by molar-refractivity contribution is 7.22. The van der Waals surface area contributed by atoms with Crippen LogP contribution in [0.15, 0.2) is 47.3 Å². The number of carbonyl (C=O) groups excluding carboxylic acids is 1. The Morgan fingerprint density at radius 3 is 2.43 bits per heavy atom. The van der Waals surface area contributed by atoms with Crippen molar-refractivity contribution in [1.82, 2.24) is 4.90 Å². The molecule has 3 aromatic rings. The molecule has 9 nitrogen and oxygen atoms in total. The average Bonchev–Trinajstić information content (AvgIpc) is 2.97. The third-order valence-corrected chi connectivity index (χ3v) is 9.11. The van der Waals surface area contributed by atoms with Crippen molar-refractivity contribution < 1.29 is 32.4 Å². The van der Waals surface area contributed by atoms with E-state index in [0.717, 1.165) is 56.7 Å². The summed E-state index contributed by atoms with van der Waals surface area (Å²) in [5.74, 6) is 0.713. The standard InChI is InChI=1S/C29H30F3N3O6S/c1-40-22-4-2-3-19(13-22)28(37)41-21-7-5-18(6-8-21)17-33-9-11-34(12-10-33)26-16-25(36)23-14-20(29(30,31)32)15-24(35(38)39)27(23)42-26/h2-4,13-16,18,21H,5-12,17H2,1H3. The zero-order valence-corrected chi connectivity index (χ0v) is 23.7. The lowest BCUT2D eigenvalue weighted by molar-refractivity contribution is -0.383. The van der Waals surface area contributed by atoms with Crippen LogP contribution in [0, 0.1) is 16.0 Å². The van der Waals surface area contributed by atoms with Gasteiger partial charge in [-0.05, 0) is 55.9 Å². The monoisotopic (exact) mass is 605 g/mol. The third-order valence-electron chi connectivity index (χ3n) is 7.89. The van der Waals surface area contributed by atoms with Crippen LogP contribution in [0.3, 0.4) is 0 Å². The molecule has 1 aromatic heterocycles. The molecule has 0 radical (unpaired) electrons. The van der Waals surface area contributed by atoms with Gasteiger partial charge in [0.1, 0.15) is 16.6 Å². The number of ether oxygens (including phenoxy) is 2. The highest BCUT2D eigenvalue weighted by Gasteiger charge is 2.34. The fraction of sp³-hybridized carbons (Fsp3) is 0.448. The largest absolute Gasteiger partial charge is 0.497 e. The van der Waals surface area contributed by atoms with Crippen molar-refractivity contribution in [2.75, 3.05) is 44.7 Å². The van der Waals surface area contributed by atoms with E-state index < -0.39 is 27.8 Å². The highest BCUT2D eigenvalue weighted by Crippen LogP contribution is 2.39. The second-order valence-corrected chi connectivity index (χ2v) is 11.7. The molecule has 0 spiro atoms. The predicted octanol–water partition coefficient (Wildman–Crippen LogP) is 5.73. The van der Waals surface area contributed by atoms with E-state index in [1.165, 1.54) is 6.07 Å². The molecule has 0 N–H and O–H groups in total. The molecule has 5 rings (SSSR count). The minimum absolute atomic E-state index is 0.0539. The summed E-state index contributed by atoms with van der Waals surface area (Å²) in [6.07, 6.45) is -1.46. The summed E-state index contributed by atoms with van der Waals surface area (Å²) in [4.78, 5) is 40.3. The number of non-ortho nitro benzene ring substituents is 1. The van der Waals surface area contributed by atoms with Crippen molar-refractivity contribution in [3.05, 3.63) is 73.9 Å². The number of fused-ring (bicyclic) bond motifs is 1. The molecule has 2 aromatic carbocycles. The van der Waals surface area contributed by atoms with Crippen molar-refractivity contribution in [3.63, 3.8) is 0 Å². The third kappa shape index (κ3) is 6.67. The Balaban J connectivity index is 1.16. The summed E-state index contributed by atoms with van der Waals surface area (Å²) in [5, 5.41) is 11.8. The molecule has 2 fully saturated rings.